The molecule has 3 atom stereocenters. The number of hydrogen-bond donors (Lipinski definition) is 0. The zero-order valence-electron chi connectivity index (χ0n) is 18.8. The zero-order valence-corrected chi connectivity index (χ0v) is 18.8. The molecule has 0 N–H and O–H groups in total. The molecule has 6 heteroatoms. The van der Waals surface area contributed by atoms with Gasteiger partial charge in [-0.25, -0.2) is 9.96 Å². The third-order valence-corrected chi connectivity index (χ3v) is 6.50. The number of carbonyl (C=O) groups is 2. The smallest absolute Gasteiger partial charge is 0.266 e. The molecule has 0 spiro atoms. The number of imide groups is 1. The van der Waals surface area contributed by atoms with Crippen LogP contribution in [0.15, 0.2) is 84.9 Å². The average Bonchev–Trinajstić information content (AvgIpc) is 3.37. The molecule has 2 fully saturated rings. The quantitative estimate of drug-likeness (QED) is 0.524. The van der Waals surface area contributed by atoms with Crippen LogP contribution in [0.4, 0.5) is 17.1 Å². The number of rotatable bonds is 6. The zero-order chi connectivity index (χ0) is 22.9. The molecule has 2 amide bonds. The SMILES string of the molecule is CCN(CC)c1ccc([C@@H]2[C@@H]3C(=O)N(c4ccccc4)C(=O)[C@H]3ON2c2ccccc2)cc1. The van der Waals surface area contributed by atoms with Crippen molar-refractivity contribution in [2.45, 2.75) is 26.0 Å². The van der Waals surface area contributed by atoms with Crippen LogP contribution >= 0.6 is 0 Å². The summed E-state index contributed by atoms with van der Waals surface area (Å²) in [6.45, 7) is 6.10. The maximum Gasteiger partial charge on any atom is 0.266 e. The van der Waals surface area contributed by atoms with Crippen molar-refractivity contribution in [2.75, 3.05) is 28.0 Å². The first kappa shape index (κ1) is 21.2. The number of anilines is 3. The Hall–Kier alpha value is -3.64. The van der Waals surface area contributed by atoms with Gasteiger partial charge in [-0.2, -0.15) is 0 Å². The molecular formula is C27H27N3O3. The molecule has 0 unspecified atom stereocenters. The molecule has 0 radical (unpaired) electrons. The lowest BCUT2D eigenvalue weighted by Crippen LogP contribution is -2.37. The highest BCUT2D eigenvalue weighted by atomic mass is 16.7. The molecule has 0 aromatic heterocycles. The van der Waals surface area contributed by atoms with E-state index in [1.165, 1.54) is 4.90 Å². The van der Waals surface area contributed by atoms with Gasteiger partial charge in [0.15, 0.2) is 6.10 Å². The van der Waals surface area contributed by atoms with Gasteiger partial charge in [0.1, 0.15) is 5.92 Å². The number of nitrogens with zero attached hydrogens (tertiary/aromatic N) is 3. The Balaban J connectivity index is 1.55. The van der Waals surface area contributed by atoms with E-state index in [0.717, 1.165) is 30.0 Å². The summed E-state index contributed by atoms with van der Waals surface area (Å²) in [7, 11) is 0. The molecule has 2 aliphatic rings. The molecule has 0 aliphatic carbocycles. The highest BCUT2D eigenvalue weighted by Crippen LogP contribution is 2.47. The largest absolute Gasteiger partial charge is 0.372 e. The van der Waals surface area contributed by atoms with E-state index in [9.17, 15) is 9.59 Å². The lowest BCUT2D eigenvalue weighted by Gasteiger charge is -2.29. The molecule has 3 aromatic rings. The first-order valence-electron chi connectivity index (χ1n) is 11.4. The summed E-state index contributed by atoms with van der Waals surface area (Å²) in [5.74, 6) is -1.18. The summed E-state index contributed by atoms with van der Waals surface area (Å²) in [6.07, 6.45) is -0.856. The number of amides is 2. The van der Waals surface area contributed by atoms with Gasteiger partial charge in [-0.3, -0.25) is 14.4 Å². The van der Waals surface area contributed by atoms with E-state index in [4.69, 9.17) is 4.84 Å². The van der Waals surface area contributed by atoms with Gasteiger partial charge in [0.05, 0.1) is 17.4 Å². The Bertz CT molecular complexity index is 1130. The van der Waals surface area contributed by atoms with Crippen molar-refractivity contribution in [3.63, 3.8) is 0 Å². The number of fused-ring (bicyclic) bond motifs is 1. The van der Waals surface area contributed by atoms with Gasteiger partial charge in [0.25, 0.3) is 5.91 Å². The molecule has 0 saturated carbocycles. The van der Waals surface area contributed by atoms with E-state index in [2.05, 4.69) is 30.9 Å². The van der Waals surface area contributed by atoms with E-state index in [1.54, 1.807) is 17.2 Å². The van der Waals surface area contributed by atoms with Crippen molar-refractivity contribution in [3.8, 4) is 0 Å². The first-order valence-corrected chi connectivity index (χ1v) is 11.4. The Morgan fingerprint density at radius 1 is 0.758 bits per heavy atom. The predicted octanol–water partition coefficient (Wildman–Crippen LogP) is 4.58. The molecule has 2 heterocycles. The van der Waals surface area contributed by atoms with Crippen LogP contribution in [0.2, 0.25) is 0 Å². The lowest BCUT2D eigenvalue weighted by molar-refractivity contribution is -0.126. The third-order valence-electron chi connectivity index (χ3n) is 6.50. The van der Waals surface area contributed by atoms with Crippen LogP contribution in [-0.4, -0.2) is 31.0 Å². The normalized spacial score (nSPS) is 22.1. The fourth-order valence-corrected chi connectivity index (χ4v) is 4.85. The minimum atomic E-state index is -0.856. The van der Waals surface area contributed by atoms with Crippen LogP contribution in [-0.2, 0) is 14.4 Å². The highest BCUT2D eigenvalue weighted by Gasteiger charge is 2.60. The summed E-state index contributed by atoms with van der Waals surface area (Å²) in [4.78, 5) is 36.7. The van der Waals surface area contributed by atoms with Crippen LogP contribution in [0.5, 0.6) is 0 Å². The molecule has 2 saturated heterocycles. The Morgan fingerprint density at radius 2 is 1.33 bits per heavy atom. The van der Waals surface area contributed by atoms with Crippen LogP contribution in [0, 0.1) is 5.92 Å². The Kier molecular flexibility index (Phi) is 5.60. The molecule has 3 aromatic carbocycles. The minimum Gasteiger partial charge on any atom is -0.372 e. The van der Waals surface area contributed by atoms with E-state index < -0.39 is 18.1 Å². The van der Waals surface area contributed by atoms with E-state index in [1.807, 2.05) is 60.7 Å². The number of carbonyl (C=O) groups excluding carboxylic acids is 2. The predicted molar refractivity (Wildman–Crippen MR) is 129 cm³/mol. The monoisotopic (exact) mass is 441 g/mol. The Morgan fingerprint density at radius 3 is 1.91 bits per heavy atom. The number of hydrogen-bond acceptors (Lipinski definition) is 5. The van der Waals surface area contributed by atoms with Crippen molar-refractivity contribution >= 4 is 28.9 Å². The number of hydroxylamine groups is 1. The van der Waals surface area contributed by atoms with Crippen LogP contribution in [0.25, 0.3) is 0 Å². The first-order chi connectivity index (χ1) is 16.1. The van der Waals surface area contributed by atoms with Crippen molar-refractivity contribution in [3.05, 3.63) is 90.5 Å². The summed E-state index contributed by atoms with van der Waals surface area (Å²) < 4.78 is 0. The second-order valence-electron chi connectivity index (χ2n) is 8.27. The standard InChI is InChI=1S/C27H27N3O3/c1-3-28(4-2)20-17-15-19(16-18-20)24-23-25(33-30(24)22-13-9-6-10-14-22)27(32)29(26(23)31)21-11-7-5-8-12-21/h5-18,23-25H,3-4H2,1-2H3/t23-,24+,25-/m0/s1. The summed E-state index contributed by atoms with van der Waals surface area (Å²) >= 11 is 0. The fraction of sp³-hybridized carbons (Fsp3) is 0.259. The topological polar surface area (TPSA) is 53.1 Å². The maximum absolute atomic E-state index is 13.6. The summed E-state index contributed by atoms with van der Waals surface area (Å²) in [6, 6.07) is 26.5. The second kappa shape index (κ2) is 8.71. The summed E-state index contributed by atoms with van der Waals surface area (Å²) in [5, 5.41) is 1.74. The van der Waals surface area contributed by atoms with Crippen LogP contribution in [0.3, 0.4) is 0 Å². The molecule has 0 bridgehead atoms. The molecule has 33 heavy (non-hydrogen) atoms. The van der Waals surface area contributed by atoms with Gasteiger partial charge < -0.3 is 4.90 Å². The lowest BCUT2D eigenvalue weighted by atomic mass is 9.90. The van der Waals surface area contributed by atoms with Gasteiger partial charge in [-0.05, 0) is 55.8 Å². The van der Waals surface area contributed by atoms with Crippen molar-refractivity contribution in [1.82, 2.24) is 0 Å². The van der Waals surface area contributed by atoms with Crippen LogP contribution in [0.1, 0.15) is 25.5 Å². The van der Waals surface area contributed by atoms with Gasteiger partial charge in [0.2, 0.25) is 5.91 Å². The van der Waals surface area contributed by atoms with Crippen molar-refractivity contribution < 1.29 is 14.4 Å². The maximum atomic E-state index is 13.6. The van der Waals surface area contributed by atoms with Gasteiger partial charge >= 0.3 is 0 Å². The minimum absolute atomic E-state index is 0.229. The van der Waals surface area contributed by atoms with Gasteiger partial charge in [-0.1, -0.05) is 48.5 Å². The molecule has 2 aliphatic heterocycles. The van der Waals surface area contributed by atoms with Crippen LogP contribution < -0.4 is 14.9 Å². The fourth-order valence-electron chi connectivity index (χ4n) is 4.85. The van der Waals surface area contributed by atoms with Crippen molar-refractivity contribution in [2.24, 2.45) is 5.92 Å². The van der Waals surface area contributed by atoms with E-state index in [-0.39, 0.29) is 11.8 Å². The highest BCUT2D eigenvalue weighted by molar-refractivity contribution is 6.23. The van der Waals surface area contributed by atoms with E-state index in [0.29, 0.717) is 5.69 Å². The summed E-state index contributed by atoms with van der Waals surface area (Å²) in [5.41, 5.74) is 3.47. The third kappa shape index (κ3) is 3.56. The molecule has 168 valence electrons. The van der Waals surface area contributed by atoms with Gasteiger partial charge in [0, 0.05) is 18.8 Å². The van der Waals surface area contributed by atoms with Crippen molar-refractivity contribution in [1.29, 1.82) is 0 Å². The molecule has 5 rings (SSSR count). The molecule has 6 nitrogen and oxygen atoms in total. The van der Waals surface area contributed by atoms with Gasteiger partial charge in [-0.15, -0.1) is 0 Å². The number of benzene rings is 3. The average molecular weight is 442 g/mol. The Labute approximate surface area is 193 Å². The molecular weight excluding hydrogens is 414 g/mol. The second-order valence-corrected chi connectivity index (χ2v) is 8.27. The number of para-hydroxylation sites is 2. The van der Waals surface area contributed by atoms with E-state index >= 15 is 0 Å².